The van der Waals surface area contributed by atoms with Crippen LogP contribution in [-0.4, -0.2) is 17.0 Å². The summed E-state index contributed by atoms with van der Waals surface area (Å²) in [5.74, 6) is 1.23. The Morgan fingerprint density at radius 3 is 1.80 bits per heavy atom. The van der Waals surface area contributed by atoms with Crippen LogP contribution in [0.15, 0.2) is 57.5 Å². The lowest BCUT2D eigenvalue weighted by atomic mass is 10.3. The molecule has 1 N–H and O–H groups in total. The third kappa shape index (κ3) is 7.92. The fraction of sp³-hybridized carbons (Fsp3) is 0.200. The molecule has 2 rings (SSSR count). The molecular weight excluding hydrogens is 452 g/mol. The van der Waals surface area contributed by atoms with Crippen molar-refractivity contribution in [1.82, 2.24) is 0 Å². The third-order valence-corrected chi connectivity index (χ3v) is 3.81. The second-order valence-corrected chi connectivity index (χ2v) is 6.45. The maximum Gasteiger partial charge on any atom is 0.119 e. The largest absolute Gasteiger partial charge is 0.508 e. The molecule has 0 saturated carbocycles. The van der Waals surface area contributed by atoms with Crippen LogP contribution in [0.25, 0.3) is 0 Å². The van der Waals surface area contributed by atoms with Crippen molar-refractivity contribution in [3.05, 3.63) is 57.5 Å². The molecule has 0 aromatic heterocycles. The van der Waals surface area contributed by atoms with Gasteiger partial charge in [-0.3, -0.25) is 0 Å². The van der Waals surface area contributed by atoms with Crippen molar-refractivity contribution in [3.63, 3.8) is 0 Å². The van der Waals surface area contributed by atoms with Crippen LogP contribution in [-0.2, 0) is 0 Å². The van der Waals surface area contributed by atoms with E-state index in [0.717, 1.165) is 33.1 Å². The Bertz CT molecular complexity index is 462. The fourth-order valence-corrected chi connectivity index (χ4v) is 1.97. The van der Waals surface area contributed by atoms with Crippen molar-refractivity contribution in [3.8, 4) is 11.5 Å². The Morgan fingerprint density at radius 2 is 1.35 bits per heavy atom. The van der Waals surface area contributed by atoms with E-state index in [4.69, 9.17) is 9.84 Å². The number of ether oxygens (including phenoxy) is 1. The lowest BCUT2D eigenvalue weighted by Crippen LogP contribution is -1.96. The van der Waals surface area contributed by atoms with Gasteiger partial charge in [0.25, 0.3) is 0 Å². The van der Waals surface area contributed by atoms with Crippen LogP contribution in [0.2, 0.25) is 0 Å². The lowest BCUT2D eigenvalue weighted by molar-refractivity contribution is 0.319. The summed E-state index contributed by atoms with van der Waals surface area (Å²) in [5, 5.41) is 9.73. The van der Waals surface area contributed by atoms with Crippen LogP contribution in [0.3, 0.4) is 0 Å². The predicted molar refractivity (Wildman–Crippen MR) is 93.9 cm³/mol. The normalized spacial score (nSPS) is 9.55. The number of hydrogen-bond donors (Lipinski definition) is 1. The molecule has 0 atom stereocenters. The molecule has 0 unspecified atom stereocenters. The molecule has 0 saturated heterocycles. The standard InChI is InChI=1S/C9H10Br2O.C6H5BrO/c10-6-1-7-12-9-4-2-8(11)3-5-9;7-5-1-3-6(8)4-2-5/h2-5H,1,6-7H2;1-4,8H. The van der Waals surface area contributed by atoms with Gasteiger partial charge in [0, 0.05) is 14.3 Å². The Hall–Kier alpha value is -0.520. The number of aromatic hydroxyl groups is 1. The molecule has 0 radical (unpaired) electrons. The quantitative estimate of drug-likeness (QED) is 0.458. The van der Waals surface area contributed by atoms with Gasteiger partial charge in [-0.05, 0) is 55.0 Å². The van der Waals surface area contributed by atoms with Gasteiger partial charge >= 0.3 is 0 Å². The topological polar surface area (TPSA) is 29.5 Å². The summed E-state index contributed by atoms with van der Waals surface area (Å²) < 4.78 is 7.51. The van der Waals surface area contributed by atoms with Crippen LogP contribution in [0.4, 0.5) is 0 Å². The number of alkyl halides is 1. The highest BCUT2D eigenvalue weighted by Crippen LogP contribution is 2.16. The van der Waals surface area contributed by atoms with Gasteiger partial charge in [0.1, 0.15) is 11.5 Å². The Kier molecular flexibility index (Phi) is 8.98. The van der Waals surface area contributed by atoms with E-state index in [1.54, 1.807) is 24.3 Å². The van der Waals surface area contributed by atoms with Gasteiger partial charge in [0.2, 0.25) is 0 Å². The van der Waals surface area contributed by atoms with Crippen LogP contribution >= 0.6 is 47.8 Å². The maximum absolute atomic E-state index is 8.74. The highest BCUT2D eigenvalue weighted by atomic mass is 79.9. The Morgan fingerprint density at radius 1 is 0.850 bits per heavy atom. The highest BCUT2D eigenvalue weighted by Gasteiger charge is 1.92. The summed E-state index contributed by atoms with van der Waals surface area (Å²) in [6, 6.07) is 14.7. The summed E-state index contributed by atoms with van der Waals surface area (Å²) in [4.78, 5) is 0. The fourth-order valence-electron chi connectivity index (χ4n) is 1.22. The first-order chi connectivity index (χ1) is 9.61. The van der Waals surface area contributed by atoms with E-state index in [1.807, 2.05) is 24.3 Å². The Labute approximate surface area is 144 Å². The molecule has 0 bridgehead atoms. The zero-order valence-corrected chi connectivity index (χ0v) is 15.5. The number of phenols is 1. The predicted octanol–water partition coefficient (Wildman–Crippen LogP) is 5.77. The Balaban J connectivity index is 0.000000217. The summed E-state index contributed by atoms with van der Waals surface area (Å²) in [6.45, 7) is 0.771. The summed E-state index contributed by atoms with van der Waals surface area (Å²) >= 11 is 9.95. The maximum atomic E-state index is 8.74. The van der Waals surface area contributed by atoms with E-state index in [-0.39, 0.29) is 0 Å². The lowest BCUT2D eigenvalue weighted by Gasteiger charge is -2.03. The first kappa shape index (κ1) is 17.5. The molecule has 2 aromatic carbocycles. The van der Waals surface area contributed by atoms with Crippen molar-refractivity contribution < 1.29 is 9.84 Å². The molecule has 0 fully saturated rings. The molecular formula is C15H15Br3O2. The highest BCUT2D eigenvalue weighted by molar-refractivity contribution is 9.10. The molecule has 0 aliphatic rings. The van der Waals surface area contributed by atoms with Crippen LogP contribution in [0.5, 0.6) is 11.5 Å². The van der Waals surface area contributed by atoms with E-state index in [9.17, 15) is 0 Å². The van der Waals surface area contributed by atoms with Crippen molar-refractivity contribution in [1.29, 1.82) is 0 Å². The number of rotatable bonds is 4. The molecule has 5 heteroatoms. The zero-order valence-electron chi connectivity index (χ0n) is 10.7. The van der Waals surface area contributed by atoms with Crippen molar-refractivity contribution in [2.75, 3.05) is 11.9 Å². The molecule has 0 amide bonds. The van der Waals surface area contributed by atoms with Gasteiger partial charge in [0.05, 0.1) is 6.61 Å². The van der Waals surface area contributed by atoms with E-state index in [1.165, 1.54) is 0 Å². The van der Waals surface area contributed by atoms with E-state index >= 15 is 0 Å². The van der Waals surface area contributed by atoms with Crippen LogP contribution in [0, 0.1) is 0 Å². The minimum Gasteiger partial charge on any atom is -0.508 e. The number of hydrogen-bond acceptors (Lipinski definition) is 2. The zero-order chi connectivity index (χ0) is 14.8. The monoisotopic (exact) mass is 464 g/mol. The number of benzene rings is 2. The molecule has 108 valence electrons. The van der Waals surface area contributed by atoms with E-state index in [0.29, 0.717) is 5.75 Å². The first-order valence-electron chi connectivity index (χ1n) is 6.00. The number of halogens is 3. The molecule has 20 heavy (non-hydrogen) atoms. The van der Waals surface area contributed by atoms with Gasteiger partial charge < -0.3 is 9.84 Å². The molecule has 0 aliphatic carbocycles. The molecule has 0 heterocycles. The minimum atomic E-state index is 0.299. The third-order valence-electron chi connectivity index (χ3n) is 2.19. The van der Waals surface area contributed by atoms with Crippen LogP contribution in [0.1, 0.15) is 6.42 Å². The summed E-state index contributed by atoms with van der Waals surface area (Å²) in [7, 11) is 0. The second kappa shape index (κ2) is 10.2. The van der Waals surface area contributed by atoms with E-state index < -0.39 is 0 Å². The second-order valence-electron chi connectivity index (χ2n) is 3.82. The van der Waals surface area contributed by atoms with Gasteiger partial charge in [-0.1, -0.05) is 47.8 Å². The average Bonchev–Trinajstić information content (AvgIpc) is 2.45. The molecule has 0 spiro atoms. The molecule has 2 nitrogen and oxygen atoms in total. The average molecular weight is 467 g/mol. The number of phenolic OH excluding ortho intramolecular Hbond substituents is 1. The van der Waals surface area contributed by atoms with Gasteiger partial charge in [-0.25, -0.2) is 0 Å². The van der Waals surface area contributed by atoms with Gasteiger partial charge in [0.15, 0.2) is 0 Å². The van der Waals surface area contributed by atoms with Gasteiger partial charge in [-0.2, -0.15) is 0 Å². The van der Waals surface area contributed by atoms with Crippen molar-refractivity contribution >= 4 is 47.8 Å². The smallest absolute Gasteiger partial charge is 0.119 e. The first-order valence-corrected chi connectivity index (χ1v) is 8.71. The molecule has 2 aromatic rings. The van der Waals surface area contributed by atoms with Gasteiger partial charge in [-0.15, -0.1) is 0 Å². The van der Waals surface area contributed by atoms with E-state index in [2.05, 4.69) is 47.8 Å². The summed E-state index contributed by atoms with van der Waals surface area (Å²) in [6.07, 6.45) is 1.04. The minimum absolute atomic E-state index is 0.299. The summed E-state index contributed by atoms with van der Waals surface area (Å²) in [5.41, 5.74) is 0. The SMILES string of the molecule is BrCCCOc1ccc(Br)cc1.Oc1ccc(Br)cc1. The van der Waals surface area contributed by atoms with Crippen molar-refractivity contribution in [2.45, 2.75) is 6.42 Å². The van der Waals surface area contributed by atoms with Crippen LogP contribution < -0.4 is 4.74 Å². The molecule has 0 aliphatic heterocycles. The van der Waals surface area contributed by atoms with Crippen molar-refractivity contribution in [2.24, 2.45) is 0 Å².